The zero-order valence-corrected chi connectivity index (χ0v) is 18.8. The van der Waals surface area contributed by atoms with E-state index in [1.807, 2.05) is 83.8 Å². The third kappa shape index (κ3) is 4.96. The van der Waals surface area contributed by atoms with Crippen LogP contribution in [0.15, 0.2) is 84.0 Å². The minimum Gasteiger partial charge on any atom is -0.457 e. The number of nitrogens with zero attached hydrogens (tertiary/aromatic N) is 2. The van der Waals surface area contributed by atoms with Gasteiger partial charge in [-0.3, -0.25) is 0 Å². The fraction of sp³-hybridized carbons (Fsp3) is 0.231. The molecule has 168 valence electrons. The van der Waals surface area contributed by atoms with E-state index in [4.69, 9.17) is 21.2 Å². The van der Waals surface area contributed by atoms with Gasteiger partial charge in [-0.25, -0.2) is 4.79 Å². The van der Waals surface area contributed by atoms with Crippen molar-refractivity contribution in [3.05, 3.63) is 89.4 Å². The number of para-hydroxylation sites is 1. The van der Waals surface area contributed by atoms with Gasteiger partial charge in [0.25, 0.3) is 0 Å². The summed E-state index contributed by atoms with van der Waals surface area (Å²) in [6.45, 7) is 1.23. The highest BCUT2D eigenvalue weighted by molar-refractivity contribution is 6.30. The number of amides is 2. The molecule has 0 saturated carbocycles. The van der Waals surface area contributed by atoms with Gasteiger partial charge in [0.15, 0.2) is 0 Å². The Morgan fingerprint density at radius 3 is 2.30 bits per heavy atom. The Bertz CT molecular complexity index is 1140. The van der Waals surface area contributed by atoms with Crippen molar-refractivity contribution in [3.8, 4) is 11.5 Å². The van der Waals surface area contributed by atoms with Gasteiger partial charge in [-0.2, -0.15) is 0 Å². The number of hydrogen-bond donors (Lipinski definition) is 1. The number of halogens is 1. The lowest BCUT2D eigenvalue weighted by Gasteiger charge is -2.37. The van der Waals surface area contributed by atoms with E-state index in [1.165, 1.54) is 0 Å². The second kappa shape index (κ2) is 9.16. The van der Waals surface area contributed by atoms with Crippen LogP contribution in [0.5, 0.6) is 11.5 Å². The summed E-state index contributed by atoms with van der Waals surface area (Å²) in [5, 5.41) is 8.00. The van der Waals surface area contributed by atoms with Crippen molar-refractivity contribution >= 4 is 29.0 Å². The van der Waals surface area contributed by atoms with Crippen LogP contribution in [0, 0.1) is 0 Å². The molecule has 1 saturated heterocycles. The molecule has 7 heteroatoms. The van der Waals surface area contributed by atoms with Crippen LogP contribution in [-0.4, -0.2) is 35.3 Å². The minimum absolute atomic E-state index is 0.113. The standard InChI is InChI=1S/C26H24ClN3O3/c27-20-8-6-19(7-9-20)24-18-26(33-29-24)14-16-30(17-15-26)25(31)28-21-10-12-23(13-11-21)32-22-4-2-1-3-5-22/h1-13H,14-18H2,(H,28,31). The molecule has 1 fully saturated rings. The number of oxime groups is 1. The van der Waals surface area contributed by atoms with Crippen molar-refractivity contribution in [2.75, 3.05) is 18.4 Å². The second-order valence-corrected chi connectivity index (χ2v) is 8.79. The first-order valence-corrected chi connectivity index (χ1v) is 11.4. The van der Waals surface area contributed by atoms with Gasteiger partial charge in [0, 0.05) is 43.1 Å². The van der Waals surface area contributed by atoms with Crippen LogP contribution < -0.4 is 10.1 Å². The molecule has 3 aromatic carbocycles. The molecule has 2 amide bonds. The van der Waals surface area contributed by atoms with E-state index >= 15 is 0 Å². The number of likely N-dealkylation sites (tertiary alicyclic amines) is 1. The van der Waals surface area contributed by atoms with Gasteiger partial charge in [0.1, 0.15) is 17.1 Å². The maximum atomic E-state index is 12.8. The molecule has 0 unspecified atom stereocenters. The number of carbonyl (C=O) groups is 1. The van der Waals surface area contributed by atoms with Crippen LogP contribution in [0.2, 0.25) is 5.02 Å². The van der Waals surface area contributed by atoms with Gasteiger partial charge in [0.05, 0.1) is 5.71 Å². The molecule has 0 radical (unpaired) electrons. The Labute approximate surface area is 197 Å². The summed E-state index contributed by atoms with van der Waals surface area (Å²) in [4.78, 5) is 20.5. The smallest absolute Gasteiger partial charge is 0.321 e. The number of hydrogen-bond acceptors (Lipinski definition) is 4. The molecule has 3 aromatic rings. The predicted octanol–water partition coefficient (Wildman–Crippen LogP) is 6.32. The highest BCUT2D eigenvalue weighted by Gasteiger charge is 2.43. The number of benzene rings is 3. The highest BCUT2D eigenvalue weighted by atomic mass is 35.5. The molecule has 1 N–H and O–H groups in total. The molecule has 6 nitrogen and oxygen atoms in total. The predicted molar refractivity (Wildman–Crippen MR) is 129 cm³/mol. The van der Waals surface area contributed by atoms with Gasteiger partial charge in [0.2, 0.25) is 0 Å². The monoisotopic (exact) mass is 461 g/mol. The van der Waals surface area contributed by atoms with Crippen molar-refractivity contribution in [3.63, 3.8) is 0 Å². The van der Waals surface area contributed by atoms with Crippen molar-refractivity contribution in [1.82, 2.24) is 4.90 Å². The summed E-state index contributed by atoms with van der Waals surface area (Å²) in [5.41, 5.74) is 2.35. The van der Waals surface area contributed by atoms with Crippen molar-refractivity contribution in [2.45, 2.75) is 24.9 Å². The normalized spacial score (nSPS) is 16.8. The van der Waals surface area contributed by atoms with Crippen molar-refractivity contribution in [1.29, 1.82) is 0 Å². The summed E-state index contributed by atoms with van der Waals surface area (Å²) < 4.78 is 5.80. The van der Waals surface area contributed by atoms with Crippen LogP contribution in [0.3, 0.4) is 0 Å². The number of rotatable bonds is 4. The van der Waals surface area contributed by atoms with Gasteiger partial charge < -0.3 is 19.8 Å². The largest absolute Gasteiger partial charge is 0.457 e. The van der Waals surface area contributed by atoms with Gasteiger partial charge in [-0.15, -0.1) is 0 Å². The lowest BCUT2D eigenvalue weighted by molar-refractivity contribution is -0.0544. The van der Waals surface area contributed by atoms with E-state index in [9.17, 15) is 4.79 Å². The van der Waals surface area contributed by atoms with Gasteiger partial charge in [-0.05, 0) is 54.1 Å². The van der Waals surface area contributed by atoms with E-state index in [0.717, 1.165) is 42.0 Å². The SMILES string of the molecule is O=C(Nc1ccc(Oc2ccccc2)cc1)N1CCC2(CC1)CC(c1ccc(Cl)cc1)=NO2. The number of carbonyl (C=O) groups excluding carboxylic acids is 1. The number of nitrogens with one attached hydrogen (secondary N) is 1. The Morgan fingerprint density at radius 1 is 0.939 bits per heavy atom. The summed E-state index contributed by atoms with van der Waals surface area (Å²) >= 11 is 5.98. The molecule has 0 aliphatic carbocycles. The number of urea groups is 1. The Morgan fingerprint density at radius 2 is 1.61 bits per heavy atom. The van der Waals surface area contributed by atoms with E-state index in [0.29, 0.717) is 23.9 Å². The molecule has 2 heterocycles. The lowest BCUT2D eigenvalue weighted by Crippen LogP contribution is -2.48. The maximum Gasteiger partial charge on any atom is 0.321 e. The Hall–Kier alpha value is -3.51. The molecule has 33 heavy (non-hydrogen) atoms. The highest BCUT2D eigenvalue weighted by Crippen LogP contribution is 2.36. The number of anilines is 1. The number of piperidine rings is 1. The average Bonchev–Trinajstić information content (AvgIpc) is 3.25. The fourth-order valence-corrected chi connectivity index (χ4v) is 4.26. The summed E-state index contributed by atoms with van der Waals surface area (Å²) in [6, 6.07) is 24.5. The first kappa shape index (κ1) is 21.3. The Kier molecular flexibility index (Phi) is 5.92. The van der Waals surface area contributed by atoms with E-state index in [2.05, 4.69) is 10.5 Å². The third-order valence-corrected chi connectivity index (χ3v) is 6.31. The third-order valence-electron chi connectivity index (χ3n) is 6.06. The van der Waals surface area contributed by atoms with E-state index < -0.39 is 0 Å². The van der Waals surface area contributed by atoms with Crippen molar-refractivity contribution < 1.29 is 14.4 Å². The summed E-state index contributed by atoms with van der Waals surface area (Å²) in [7, 11) is 0. The zero-order valence-electron chi connectivity index (χ0n) is 18.0. The fourth-order valence-electron chi connectivity index (χ4n) is 4.14. The van der Waals surface area contributed by atoms with Crippen LogP contribution in [0.4, 0.5) is 10.5 Å². The van der Waals surface area contributed by atoms with Crippen LogP contribution in [0.1, 0.15) is 24.8 Å². The molecule has 1 spiro atoms. The molecule has 0 bridgehead atoms. The van der Waals surface area contributed by atoms with E-state index in [-0.39, 0.29) is 11.6 Å². The average molecular weight is 462 g/mol. The van der Waals surface area contributed by atoms with Gasteiger partial charge in [-0.1, -0.05) is 47.1 Å². The summed E-state index contributed by atoms with van der Waals surface area (Å²) in [5.74, 6) is 1.49. The van der Waals surface area contributed by atoms with Crippen LogP contribution in [-0.2, 0) is 4.84 Å². The lowest BCUT2D eigenvalue weighted by atomic mass is 9.85. The second-order valence-electron chi connectivity index (χ2n) is 8.35. The first-order chi connectivity index (χ1) is 16.1. The molecule has 0 aromatic heterocycles. The minimum atomic E-state index is -0.331. The maximum absolute atomic E-state index is 12.8. The first-order valence-electron chi connectivity index (χ1n) is 11.0. The molecular weight excluding hydrogens is 438 g/mol. The molecular formula is C26H24ClN3O3. The van der Waals surface area contributed by atoms with E-state index in [1.54, 1.807) is 0 Å². The Balaban J connectivity index is 1.12. The van der Waals surface area contributed by atoms with Gasteiger partial charge >= 0.3 is 6.03 Å². The molecule has 0 atom stereocenters. The molecule has 5 rings (SSSR count). The molecule has 2 aliphatic heterocycles. The zero-order chi connectivity index (χ0) is 22.7. The number of ether oxygens (including phenoxy) is 1. The van der Waals surface area contributed by atoms with Crippen molar-refractivity contribution in [2.24, 2.45) is 5.16 Å². The van der Waals surface area contributed by atoms with Crippen LogP contribution in [0.25, 0.3) is 0 Å². The topological polar surface area (TPSA) is 63.2 Å². The molecule has 2 aliphatic rings. The quantitative estimate of drug-likeness (QED) is 0.494. The van der Waals surface area contributed by atoms with Crippen LogP contribution >= 0.6 is 11.6 Å². The summed E-state index contributed by atoms with van der Waals surface area (Å²) in [6.07, 6.45) is 2.22.